The van der Waals surface area contributed by atoms with Gasteiger partial charge in [0.1, 0.15) is 5.76 Å². The molecule has 3 nitrogen and oxygen atoms in total. The number of nitrogens with one attached hydrogen (secondary N) is 1. The summed E-state index contributed by atoms with van der Waals surface area (Å²) in [4.78, 5) is 2.39. The molecule has 0 aliphatic carbocycles. The van der Waals surface area contributed by atoms with Crippen molar-refractivity contribution >= 4 is 0 Å². The first-order valence-electron chi connectivity index (χ1n) is 7.12. The van der Waals surface area contributed by atoms with Gasteiger partial charge in [0.25, 0.3) is 0 Å². The number of nitrogens with zero attached hydrogens (tertiary/aromatic N) is 1. The highest BCUT2D eigenvalue weighted by atomic mass is 16.3. The summed E-state index contributed by atoms with van der Waals surface area (Å²) in [5, 5.41) is 3.56. The fourth-order valence-electron chi connectivity index (χ4n) is 1.96. The zero-order valence-corrected chi connectivity index (χ0v) is 12.3. The molecule has 3 heteroatoms. The summed E-state index contributed by atoms with van der Waals surface area (Å²) in [6.07, 6.45) is 5.28. The van der Waals surface area contributed by atoms with Crippen LogP contribution < -0.4 is 5.32 Å². The predicted molar refractivity (Wildman–Crippen MR) is 76.7 cm³/mol. The van der Waals surface area contributed by atoms with E-state index in [2.05, 4.69) is 38.0 Å². The van der Waals surface area contributed by atoms with Gasteiger partial charge in [-0.3, -0.25) is 0 Å². The maximum absolute atomic E-state index is 5.44. The topological polar surface area (TPSA) is 28.4 Å². The molecule has 0 bridgehead atoms. The number of unbranched alkanes of at least 4 members (excludes halogenated alkanes) is 1. The molecule has 18 heavy (non-hydrogen) atoms. The molecule has 0 aliphatic rings. The van der Waals surface area contributed by atoms with Crippen molar-refractivity contribution in [3.63, 3.8) is 0 Å². The first kappa shape index (κ1) is 15.3. The van der Waals surface area contributed by atoms with Gasteiger partial charge in [-0.25, -0.2) is 0 Å². The molecule has 104 valence electrons. The fraction of sp³-hybridized carbons (Fsp3) is 0.733. The van der Waals surface area contributed by atoms with E-state index >= 15 is 0 Å². The maximum Gasteiger partial charge on any atom is 0.120 e. The van der Waals surface area contributed by atoms with Crippen LogP contribution in [0.1, 0.15) is 51.8 Å². The van der Waals surface area contributed by atoms with Gasteiger partial charge in [-0.1, -0.05) is 6.92 Å². The quantitative estimate of drug-likeness (QED) is 0.682. The molecule has 0 aromatic carbocycles. The Morgan fingerprint density at radius 3 is 2.67 bits per heavy atom. The molecule has 1 aromatic rings. The van der Waals surface area contributed by atoms with E-state index in [1.807, 2.05) is 12.1 Å². The zero-order chi connectivity index (χ0) is 13.4. The Morgan fingerprint density at radius 2 is 2.11 bits per heavy atom. The maximum atomic E-state index is 5.44. The van der Waals surface area contributed by atoms with Crippen LogP contribution in [0.4, 0.5) is 0 Å². The lowest BCUT2D eigenvalue weighted by molar-refractivity contribution is 0.266. The Bertz CT molecular complexity index is 295. The average Bonchev–Trinajstić information content (AvgIpc) is 2.87. The average molecular weight is 252 g/mol. The third-order valence-electron chi connectivity index (χ3n) is 3.50. The number of hydrogen-bond donors (Lipinski definition) is 1. The van der Waals surface area contributed by atoms with Gasteiger partial charge in [0, 0.05) is 6.04 Å². The Balaban J connectivity index is 2.13. The molecule has 1 rings (SSSR count). The molecular weight excluding hydrogens is 224 g/mol. The smallest absolute Gasteiger partial charge is 0.120 e. The minimum atomic E-state index is 0.364. The van der Waals surface area contributed by atoms with Crippen LogP contribution in [0.3, 0.4) is 0 Å². The molecule has 1 aromatic heterocycles. The van der Waals surface area contributed by atoms with Crippen molar-refractivity contribution in [2.24, 2.45) is 0 Å². The van der Waals surface area contributed by atoms with Crippen molar-refractivity contribution in [2.45, 2.75) is 52.1 Å². The van der Waals surface area contributed by atoms with Crippen LogP contribution >= 0.6 is 0 Å². The molecule has 1 heterocycles. The highest BCUT2D eigenvalue weighted by Gasteiger charge is 2.10. The molecule has 0 aliphatic heterocycles. The summed E-state index contributed by atoms with van der Waals surface area (Å²) in [5.74, 6) is 1.05. The van der Waals surface area contributed by atoms with E-state index in [0.717, 1.165) is 18.7 Å². The predicted octanol–water partition coefficient (Wildman–Crippen LogP) is 3.44. The largest absolute Gasteiger partial charge is 0.468 e. The van der Waals surface area contributed by atoms with Crippen molar-refractivity contribution in [3.8, 4) is 0 Å². The normalized spacial score (nSPS) is 13.4. The van der Waals surface area contributed by atoms with E-state index in [-0.39, 0.29) is 0 Å². The van der Waals surface area contributed by atoms with Crippen LogP contribution in [-0.2, 0) is 0 Å². The van der Waals surface area contributed by atoms with Crippen LogP contribution in [0.25, 0.3) is 0 Å². The molecule has 0 saturated heterocycles. The minimum absolute atomic E-state index is 0.364. The van der Waals surface area contributed by atoms with Crippen LogP contribution in [0.5, 0.6) is 0 Å². The van der Waals surface area contributed by atoms with Gasteiger partial charge < -0.3 is 14.6 Å². The lowest BCUT2D eigenvalue weighted by Crippen LogP contribution is -2.28. The summed E-state index contributed by atoms with van der Waals surface area (Å²) < 4.78 is 5.44. The van der Waals surface area contributed by atoms with E-state index in [4.69, 9.17) is 4.42 Å². The summed E-state index contributed by atoms with van der Waals surface area (Å²) in [6, 6.07) is 5.01. The van der Waals surface area contributed by atoms with Gasteiger partial charge in [0.2, 0.25) is 0 Å². The lowest BCUT2D eigenvalue weighted by Gasteiger charge is -2.21. The van der Waals surface area contributed by atoms with Crippen molar-refractivity contribution in [2.75, 3.05) is 20.1 Å². The second-order valence-electron chi connectivity index (χ2n) is 5.21. The molecule has 0 amide bonds. The van der Waals surface area contributed by atoms with Crippen molar-refractivity contribution in [1.82, 2.24) is 10.2 Å². The van der Waals surface area contributed by atoms with Gasteiger partial charge in [0.15, 0.2) is 0 Å². The summed E-state index contributed by atoms with van der Waals surface area (Å²) >= 11 is 0. The number of rotatable bonds is 9. The monoisotopic (exact) mass is 252 g/mol. The number of hydrogen-bond acceptors (Lipinski definition) is 3. The highest BCUT2D eigenvalue weighted by Crippen LogP contribution is 2.16. The molecule has 1 unspecified atom stereocenters. The lowest BCUT2D eigenvalue weighted by atomic mass is 10.1. The molecular formula is C15H28N2O. The zero-order valence-electron chi connectivity index (χ0n) is 12.3. The standard InChI is InChI=1S/C15H28N2O/c1-5-14(15-9-8-12-18-15)16-10-6-7-11-17(4)13(2)3/h8-9,12-14,16H,5-7,10-11H2,1-4H3. The molecule has 1 N–H and O–H groups in total. The van der Waals surface area contributed by atoms with Gasteiger partial charge >= 0.3 is 0 Å². The van der Waals surface area contributed by atoms with Crippen molar-refractivity contribution < 1.29 is 4.42 Å². The van der Waals surface area contributed by atoms with Crippen LogP contribution in [0.2, 0.25) is 0 Å². The summed E-state index contributed by atoms with van der Waals surface area (Å²) in [7, 11) is 2.19. The van der Waals surface area contributed by atoms with Crippen LogP contribution in [-0.4, -0.2) is 31.1 Å². The molecule has 0 saturated carbocycles. The SMILES string of the molecule is CCC(NCCCCN(C)C(C)C)c1ccco1. The third kappa shape index (κ3) is 5.23. The second kappa shape index (κ2) is 8.33. The van der Waals surface area contributed by atoms with Gasteiger partial charge in [-0.05, 0) is 65.4 Å². The Labute approximate surface area is 112 Å². The van der Waals surface area contributed by atoms with E-state index in [0.29, 0.717) is 12.1 Å². The van der Waals surface area contributed by atoms with Crippen molar-refractivity contribution in [1.29, 1.82) is 0 Å². The summed E-state index contributed by atoms with van der Waals surface area (Å²) in [6.45, 7) is 8.90. The van der Waals surface area contributed by atoms with Gasteiger partial charge in [0.05, 0.1) is 12.3 Å². The minimum Gasteiger partial charge on any atom is -0.468 e. The number of furan rings is 1. The molecule has 0 fully saturated rings. The van der Waals surface area contributed by atoms with Gasteiger partial charge in [-0.15, -0.1) is 0 Å². The van der Waals surface area contributed by atoms with Gasteiger partial charge in [-0.2, -0.15) is 0 Å². The summed E-state index contributed by atoms with van der Waals surface area (Å²) in [5.41, 5.74) is 0. The van der Waals surface area contributed by atoms with E-state index < -0.39 is 0 Å². The van der Waals surface area contributed by atoms with Crippen molar-refractivity contribution in [3.05, 3.63) is 24.2 Å². The Morgan fingerprint density at radius 1 is 1.33 bits per heavy atom. The fourth-order valence-corrected chi connectivity index (χ4v) is 1.96. The van der Waals surface area contributed by atoms with Crippen LogP contribution in [0.15, 0.2) is 22.8 Å². The molecule has 0 radical (unpaired) electrons. The first-order valence-corrected chi connectivity index (χ1v) is 7.12. The highest BCUT2D eigenvalue weighted by molar-refractivity contribution is 5.03. The first-order chi connectivity index (χ1) is 8.65. The Kier molecular flexibility index (Phi) is 7.06. The van der Waals surface area contributed by atoms with E-state index in [1.54, 1.807) is 6.26 Å². The Hall–Kier alpha value is -0.800. The van der Waals surface area contributed by atoms with E-state index in [9.17, 15) is 0 Å². The third-order valence-corrected chi connectivity index (χ3v) is 3.50. The molecule has 1 atom stereocenters. The second-order valence-corrected chi connectivity index (χ2v) is 5.21. The van der Waals surface area contributed by atoms with Crippen LogP contribution in [0, 0.1) is 0 Å². The molecule has 0 spiro atoms. The van der Waals surface area contributed by atoms with E-state index in [1.165, 1.54) is 19.4 Å².